The first-order valence-corrected chi connectivity index (χ1v) is 10.7. The van der Waals surface area contributed by atoms with E-state index >= 15 is 0 Å². The average molecular weight is 479 g/mol. The summed E-state index contributed by atoms with van der Waals surface area (Å²) in [5.41, 5.74) is 2.12. The predicted molar refractivity (Wildman–Crippen MR) is 121 cm³/mol. The number of carbonyl (C=O) groups excluding carboxylic acids is 1. The van der Waals surface area contributed by atoms with Crippen molar-refractivity contribution in [1.82, 2.24) is 9.88 Å². The number of amides is 1. The molecule has 0 bridgehead atoms. The fraction of sp³-hybridized carbons (Fsp3) is 0.304. The molecule has 0 unspecified atom stereocenters. The third kappa shape index (κ3) is 5.51. The van der Waals surface area contributed by atoms with Crippen molar-refractivity contribution in [3.63, 3.8) is 0 Å². The highest BCUT2D eigenvalue weighted by Gasteiger charge is 2.21. The number of carbonyl (C=O) groups is 1. The minimum atomic E-state index is -2.96. The molecule has 0 aliphatic heterocycles. The first kappa shape index (κ1) is 24.2. The molecule has 0 aliphatic carbocycles. The van der Waals surface area contributed by atoms with Crippen LogP contribution in [-0.2, 0) is 6.54 Å². The summed E-state index contributed by atoms with van der Waals surface area (Å²) in [5, 5.41) is 0.681. The lowest BCUT2D eigenvalue weighted by Gasteiger charge is -2.18. The van der Waals surface area contributed by atoms with Crippen LogP contribution in [0.5, 0.6) is 23.0 Å². The van der Waals surface area contributed by atoms with Crippen LogP contribution in [0.15, 0.2) is 36.4 Å². The predicted octanol–water partition coefficient (Wildman–Crippen LogP) is 5.02. The van der Waals surface area contributed by atoms with Gasteiger partial charge < -0.3 is 23.8 Å². The van der Waals surface area contributed by atoms with E-state index in [1.165, 1.54) is 29.4 Å². The van der Waals surface area contributed by atoms with E-state index < -0.39 is 6.61 Å². The highest BCUT2D eigenvalue weighted by molar-refractivity contribution is 7.17. The molecule has 0 radical (unpaired) electrons. The SMILES string of the molecule is COc1ccc(-c2nc(C)c(C(=O)N(C)Cc3ccc(OC(F)F)c(OC)c3)s2)cc1OC. The van der Waals surface area contributed by atoms with Gasteiger partial charge in [-0.1, -0.05) is 6.07 Å². The molecule has 0 saturated carbocycles. The number of rotatable bonds is 9. The quantitative estimate of drug-likeness (QED) is 0.430. The molecule has 1 amide bonds. The zero-order valence-corrected chi connectivity index (χ0v) is 19.7. The van der Waals surface area contributed by atoms with E-state index in [2.05, 4.69) is 9.72 Å². The van der Waals surface area contributed by atoms with Gasteiger partial charge in [-0.25, -0.2) is 4.98 Å². The Morgan fingerprint density at radius 1 is 1.00 bits per heavy atom. The monoisotopic (exact) mass is 478 g/mol. The number of halogens is 2. The number of aromatic nitrogens is 1. The summed E-state index contributed by atoms with van der Waals surface area (Å²) >= 11 is 1.28. The van der Waals surface area contributed by atoms with Gasteiger partial charge >= 0.3 is 6.61 Å². The van der Waals surface area contributed by atoms with Crippen molar-refractivity contribution in [2.75, 3.05) is 28.4 Å². The second kappa shape index (κ2) is 10.5. The lowest BCUT2D eigenvalue weighted by Crippen LogP contribution is -2.26. The van der Waals surface area contributed by atoms with Crippen LogP contribution in [0.25, 0.3) is 10.6 Å². The molecule has 1 heterocycles. The Bertz CT molecular complexity index is 1140. The van der Waals surface area contributed by atoms with E-state index in [1.54, 1.807) is 46.4 Å². The first-order valence-electron chi connectivity index (χ1n) is 9.84. The van der Waals surface area contributed by atoms with Crippen LogP contribution in [0.3, 0.4) is 0 Å². The van der Waals surface area contributed by atoms with E-state index in [9.17, 15) is 13.6 Å². The number of thiazole rings is 1. The molecule has 176 valence electrons. The summed E-state index contributed by atoms with van der Waals surface area (Å²) in [7, 11) is 6.14. The first-order chi connectivity index (χ1) is 15.8. The number of nitrogens with zero attached hydrogens (tertiary/aromatic N) is 2. The van der Waals surface area contributed by atoms with Gasteiger partial charge in [-0.3, -0.25) is 4.79 Å². The standard InChI is InChI=1S/C23H24F2N2O5S/c1-13-20(33-21(26-13)15-7-9-16(29-3)19(11-15)31-5)22(28)27(2)12-14-6-8-17(32-23(24)25)18(10-14)30-4/h6-11,23H,12H2,1-5H3. The molecular formula is C23H24F2N2O5S. The van der Waals surface area contributed by atoms with Crippen LogP contribution in [0.2, 0.25) is 0 Å². The van der Waals surface area contributed by atoms with Crippen molar-refractivity contribution in [2.45, 2.75) is 20.1 Å². The second-order valence-corrected chi connectivity index (χ2v) is 8.03. The summed E-state index contributed by atoms with van der Waals surface area (Å²) in [4.78, 5) is 19.7. The summed E-state index contributed by atoms with van der Waals surface area (Å²) in [6, 6.07) is 10.0. The Morgan fingerprint density at radius 3 is 2.27 bits per heavy atom. The maximum Gasteiger partial charge on any atom is 0.387 e. The lowest BCUT2D eigenvalue weighted by molar-refractivity contribution is -0.0512. The van der Waals surface area contributed by atoms with Crippen molar-refractivity contribution in [3.05, 3.63) is 52.5 Å². The molecule has 0 saturated heterocycles. The van der Waals surface area contributed by atoms with E-state index in [0.717, 1.165) is 5.56 Å². The number of benzene rings is 2. The van der Waals surface area contributed by atoms with Gasteiger partial charge in [0.2, 0.25) is 0 Å². The molecule has 2 aromatic carbocycles. The number of methoxy groups -OCH3 is 3. The van der Waals surface area contributed by atoms with Crippen LogP contribution in [0.1, 0.15) is 20.9 Å². The molecule has 7 nitrogen and oxygen atoms in total. The topological polar surface area (TPSA) is 70.1 Å². The maximum absolute atomic E-state index is 13.1. The normalized spacial score (nSPS) is 10.8. The van der Waals surface area contributed by atoms with Gasteiger partial charge in [0.15, 0.2) is 23.0 Å². The highest BCUT2D eigenvalue weighted by Crippen LogP contribution is 2.35. The zero-order valence-electron chi connectivity index (χ0n) is 18.8. The molecule has 0 N–H and O–H groups in total. The van der Waals surface area contributed by atoms with Gasteiger partial charge in [0, 0.05) is 19.2 Å². The van der Waals surface area contributed by atoms with Gasteiger partial charge in [0.1, 0.15) is 9.88 Å². The fourth-order valence-electron chi connectivity index (χ4n) is 3.21. The van der Waals surface area contributed by atoms with Gasteiger partial charge in [0.05, 0.1) is 27.0 Å². The summed E-state index contributed by atoms with van der Waals surface area (Å²) < 4.78 is 45.3. The molecule has 0 fully saturated rings. The summed E-state index contributed by atoms with van der Waals surface area (Å²) in [5.74, 6) is 1.07. The van der Waals surface area contributed by atoms with Gasteiger partial charge in [-0.15, -0.1) is 11.3 Å². The molecule has 0 aliphatic rings. The van der Waals surface area contributed by atoms with Gasteiger partial charge in [0.25, 0.3) is 5.91 Å². The third-order valence-electron chi connectivity index (χ3n) is 4.83. The van der Waals surface area contributed by atoms with Gasteiger partial charge in [-0.05, 0) is 42.8 Å². The van der Waals surface area contributed by atoms with E-state index in [4.69, 9.17) is 14.2 Å². The van der Waals surface area contributed by atoms with Crippen molar-refractivity contribution in [1.29, 1.82) is 0 Å². The number of alkyl halides is 2. The fourth-order valence-corrected chi connectivity index (χ4v) is 4.27. The minimum Gasteiger partial charge on any atom is -0.493 e. The molecular weight excluding hydrogens is 454 g/mol. The van der Waals surface area contributed by atoms with Crippen LogP contribution >= 0.6 is 11.3 Å². The van der Waals surface area contributed by atoms with Crippen molar-refractivity contribution in [2.24, 2.45) is 0 Å². The van der Waals surface area contributed by atoms with Gasteiger partial charge in [-0.2, -0.15) is 8.78 Å². The van der Waals surface area contributed by atoms with Crippen LogP contribution in [0.4, 0.5) is 8.78 Å². The lowest BCUT2D eigenvalue weighted by atomic mass is 10.2. The number of aryl methyl sites for hydroxylation is 1. The van der Waals surface area contributed by atoms with Crippen LogP contribution in [-0.4, -0.2) is 50.8 Å². The van der Waals surface area contributed by atoms with E-state index in [1.807, 2.05) is 12.1 Å². The minimum absolute atomic E-state index is 0.0666. The number of ether oxygens (including phenoxy) is 4. The Labute approximate surface area is 194 Å². The largest absolute Gasteiger partial charge is 0.493 e. The Balaban J connectivity index is 1.80. The van der Waals surface area contributed by atoms with Crippen molar-refractivity contribution in [3.8, 4) is 33.6 Å². The van der Waals surface area contributed by atoms with E-state index in [0.29, 0.717) is 32.6 Å². The molecule has 33 heavy (non-hydrogen) atoms. The Kier molecular flexibility index (Phi) is 7.70. The van der Waals surface area contributed by atoms with Crippen molar-refractivity contribution >= 4 is 17.2 Å². The molecule has 3 aromatic rings. The summed E-state index contributed by atoms with van der Waals surface area (Å²) in [6.07, 6.45) is 0. The molecule has 3 rings (SSSR count). The number of hydrogen-bond acceptors (Lipinski definition) is 7. The Morgan fingerprint density at radius 2 is 1.64 bits per heavy atom. The van der Waals surface area contributed by atoms with Crippen LogP contribution in [0, 0.1) is 6.92 Å². The zero-order chi connectivity index (χ0) is 24.1. The molecule has 0 atom stereocenters. The maximum atomic E-state index is 13.1. The number of hydrogen-bond donors (Lipinski definition) is 0. The third-order valence-corrected chi connectivity index (χ3v) is 6.03. The highest BCUT2D eigenvalue weighted by atomic mass is 32.1. The molecule has 0 spiro atoms. The average Bonchev–Trinajstić information content (AvgIpc) is 3.20. The molecule has 1 aromatic heterocycles. The Hall–Kier alpha value is -3.40. The second-order valence-electron chi connectivity index (χ2n) is 7.03. The molecule has 10 heteroatoms. The van der Waals surface area contributed by atoms with Crippen LogP contribution < -0.4 is 18.9 Å². The van der Waals surface area contributed by atoms with E-state index in [-0.39, 0.29) is 24.0 Å². The van der Waals surface area contributed by atoms with Crippen molar-refractivity contribution < 1.29 is 32.5 Å². The smallest absolute Gasteiger partial charge is 0.387 e. The summed E-state index contributed by atoms with van der Waals surface area (Å²) in [6.45, 7) is -0.933.